The van der Waals surface area contributed by atoms with Crippen molar-refractivity contribution >= 4 is 38.9 Å². The normalized spacial score (nSPS) is 18.1. The van der Waals surface area contributed by atoms with E-state index in [1.807, 2.05) is 0 Å². The number of benzene rings is 1. The lowest BCUT2D eigenvalue weighted by Crippen LogP contribution is -2.35. The van der Waals surface area contributed by atoms with Gasteiger partial charge in [0.1, 0.15) is 10.6 Å². The molecule has 7 nitrogen and oxygen atoms in total. The van der Waals surface area contributed by atoms with Crippen LogP contribution in [-0.2, 0) is 24.2 Å². The molecule has 0 fully saturated rings. The zero-order chi connectivity index (χ0) is 23.5. The number of aromatic nitrogens is 2. The van der Waals surface area contributed by atoms with Gasteiger partial charge in [-0.25, -0.2) is 4.98 Å². The molecule has 33 heavy (non-hydrogen) atoms. The second kappa shape index (κ2) is 7.80. The first kappa shape index (κ1) is 21.8. The lowest BCUT2D eigenvalue weighted by Gasteiger charge is -2.33. The summed E-state index contributed by atoms with van der Waals surface area (Å²) in [7, 11) is 1.66. The van der Waals surface area contributed by atoms with Crippen molar-refractivity contribution in [1.29, 1.82) is 0 Å². The van der Waals surface area contributed by atoms with E-state index in [1.54, 1.807) is 36.6 Å². The number of fused-ring (bicyclic) bond motifs is 4. The maximum atomic E-state index is 13.3. The van der Waals surface area contributed by atoms with Crippen molar-refractivity contribution in [3.63, 3.8) is 0 Å². The van der Waals surface area contributed by atoms with Gasteiger partial charge in [-0.15, -0.1) is 11.3 Å². The highest BCUT2D eigenvalue weighted by Crippen LogP contribution is 2.42. The number of carbonyl (C=O) groups is 2. The summed E-state index contributed by atoms with van der Waals surface area (Å²) in [5.41, 5.74) is 2.16. The number of ketones is 1. The number of thiophene rings is 1. The van der Waals surface area contributed by atoms with E-state index in [4.69, 9.17) is 4.74 Å². The highest BCUT2D eigenvalue weighted by molar-refractivity contribution is 7.18. The predicted octanol–water partition coefficient (Wildman–Crippen LogP) is 3.85. The van der Waals surface area contributed by atoms with Crippen LogP contribution < -0.4 is 15.2 Å². The first-order valence-corrected chi connectivity index (χ1v) is 12.0. The second-order valence-electron chi connectivity index (χ2n) is 10.0. The average Bonchev–Trinajstić information content (AvgIpc) is 3.16. The molecule has 0 saturated heterocycles. The van der Waals surface area contributed by atoms with E-state index in [2.05, 4.69) is 25.8 Å². The van der Waals surface area contributed by atoms with Gasteiger partial charge >= 0.3 is 0 Å². The molecule has 0 spiro atoms. The summed E-state index contributed by atoms with van der Waals surface area (Å²) in [6, 6.07) is 5.00. The van der Waals surface area contributed by atoms with Crippen LogP contribution in [0.2, 0.25) is 0 Å². The van der Waals surface area contributed by atoms with E-state index >= 15 is 0 Å². The highest BCUT2D eigenvalue weighted by Gasteiger charge is 2.32. The molecule has 2 aliphatic rings. The first-order valence-electron chi connectivity index (χ1n) is 11.2. The molecule has 8 heteroatoms. The van der Waals surface area contributed by atoms with Gasteiger partial charge in [-0.1, -0.05) is 20.8 Å². The Bertz CT molecular complexity index is 1350. The van der Waals surface area contributed by atoms with Crippen LogP contribution in [0.15, 0.2) is 29.3 Å². The number of amides is 1. The molecule has 1 aromatic carbocycles. The van der Waals surface area contributed by atoms with Crippen LogP contribution in [0.3, 0.4) is 0 Å². The van der Waals surface area contributed by atoms with Crippen LogP contribution >= 0.6 is 11.3 Å². The summed E-state index contributed by atoms with van der Waals surface area (Å²) < 4.78 is 6.83. The van der Waals surface area contributed by atoms with Crippen LogP contribution in [0.5, 0.6) is 5.75 Å². The fourth-order valence-electron chi connectivity index (χ4n) is 4.74. The third-order valence-electron chi connectivity index (χ3n) is 6.94. The van der Waals surface area contributed by atoms with Crippen LogP contribution in [0.4, 0.5) is 5.69 Å². The zero-order valence-electron chi connectivity index (χ0n) is 19.3. The summed E-state index contributed by atoms with van der Waals surface area (Å²) in [5, 5.41) is 0.668. The minimum Gasteiger partial charge on any atom is -0.482 e. The largest absolute Gasteiger partial charge is 0.482 e. The Morgan fingerprint density at radius 3 is 2.82 bits per heavy atom. The van der Waals surface area contributed by atoms with Crippen LogP contribution in [0, 0.1) is 11.3 Å². The number of carbonyl (C=O) groups excluding carboxylic acids is 2. The molecule has 0 radical (unpaired) electrons. The maximum absolute atomic E-state index is 13.3. The number of Topliss-reactive ketones (excluding diaryl/α,β-unsaturated/α-hetero) is 1. The molecule has 1 atom stereocenters. The standard InChI is InChI=1S/C25H27N3O4S/c1-25(2,3)15-6-7-16-20(10-15)33-23-22(16)24(31)28(13-26-23)11-18(29)14-5-8-19-17(9-14)27(4)21(30)12-32-19/h5,8-9,13,15H,6-7,10-12H2,1-4H3/t15-/m1/s1. The molecule has 1 aliphatic heterocycles. The number of likely N-dealkylation sites (N-methyl/N-ethyl adjacent to an activating group) is 1. The topological polar surface area (TPSA) is 81.5 Å². The molecule has 172 valence electrons. The molecule has 0 N–H and O–H groups in total. The Kier molecular flexibility index (Phi) is 5.16. The van der Waals surface area contributed by atoms with Gasteiger partial charge in [0.05, 0.1) is 23.9 Å². The number of anilines is 1. The van der Waals surface area contributed by atoms with E-state index < -0.39 is 0 Å². The van der Waals surface area contributed by atoms with Gasteiger partial charge in [0.15, 0.2) is 12.4 Å². The third-order valence-corrected chi connectivity index (χ3v) is 8.10. The summed E-state index contributed by atoms with van der Waals surface area (Å²) >= 11 is 1.61. The summed E-state index contributed by atoms with van der Waals surface area (Å²) in [5.74, 6) is 0.755. The second-order valence-corrected chi connectivity index (χ2v) is 11.1. The lowest BCUT2D eigenvalue weighted by atomic mass is 9.72. The van der Waals surface area contributed by atoms with Gasteiger partial charge in [0, 0.05) is 17.5 Å². The van der Waals surface area contributed by atoms with Gasteiger partial charge in [-0.3, -0.25) is 19.0 Å². The van der Waals surface area contributed by atoms with Crippen molar-refractivity contribution in [1.82, 2.24) is 9.55 Å². The number of hydrogen-bond donors (Lipinski definition) is 0. The molecule has 3 aromatic rings. The van der Waals surface area contributed by atoms with Gasteiger partial charge in [0.25, 0.3) is 11.5 Å². The maximum Gasteiger partial charge on any atom is 0.264 e. The molecule has 1 amide bonds. The lowest BCUT2D eigenvalue weighted by molar-refractivity contribution is -0.120. The quantitative estimate of drug-likeness (QED) is 0.549. The Labute approximate surface area is 196 Å². The Morgan fingerprint density at radius 1 is 1.27 bits per heavy atom. The number of aryl methyl sites for hydroxylation is 1. The molecule has 0 bridgehead atoms. The van der Waals surface area contributed by atoms with E-state index in [-0.39, 0.29) is 35.8 Å². The molecule has 3 heterocycles. The van der Waals surface area contributed by atoms with Crippen molar-refractivity contribution in [3.8, 4) is 5.75 Å². The zero-order valence-corrected chi connectivity index (χ0v) is 20.1. The summed E-state index contributed by atoms with van der Waals surface area (Å²) in [6.07, 6.45) is 4.38. The SMILES string of the molecule is CN1C(=O)COc2ccc(C(=O)Cn3cnc4sc5c(c4c3=O)CC[C@@H](C(C)(C)C)C5)cc21. The molecule has 1 aliphatic carbocycles. The highest BCUT2D eigenvalue weighted by atomic mass is 32.1. The summed E-state index contributed by atoms with van der Waals surface area (Å²) in [6.45, 7) is 6.70. The molecule has 2 aromatic heterocycles. The minimum absolute atomic E-state index is 0.0146. The Hall–Kier alpha value is -3.00. The van der Waals surface area contributed by atoms with Crippen molar-refractivity contribution in [2.24, 2.45) is 11.3 Å². The smallest absolute Gasteiger partial charge is 0.264 e. The van der Waals surface area contributed by atoms with Crippen molar-refractivity contribution in [2.45, 2.75) is 46.6 Å². The Morgan fingerprint density at radius 2 is 2.06 bits per heavy atom. The number of ether oxygens (including phenoxy) is 1. The fraction of sp³-hybridized carbons (Fsp3) is 0.440. The van der Waals surface area contributed by atoms with Crippen LogP contribution in [0.25, 0.3) is 10.2 Å². The van der Waals surface area contributed by atoms with E-state index in [1.165, 1.54) is 20.7 Å². The van der Waals surface area contributed by atoms with Gasteiger partial charge in [-0.2, -0.15) is 0 Å². The van der Waals surface area contributed by atoms with Crippen molar-refractivity contribution in [2.75, 3.05) is 18.6 Å². The van der Waals surface area contributed by atoms with Crippen molar-refractivity contribution in [3.05, 3.63) is 50.9 Å². The molecule has 0 saturated carbocycles. The van der Waals surface area contributed by atoms with Crippen LogP contribution in [-0.4, -0.2) is 34.9 Å². The van der Waals surface area contributed by atoms with Crippen LogP contribution in [0.1, 0.15) is 48.0 Å². The number of nitrogens with zero attached hydrogens (tertiary/aromatic N) is 3. The first-order chi connectivity index (χ1) is 15.6. The molecule has 0 unspecified atom stereocenters. The molecule has 5 rings (SSSR count). The predicted molar refractivity (Wildman–Crippen MR) is 129 cm³/mol. The third kappa shape index (κ3) is 3.76. The monoisotopic (exact) mass is 465 g/mol. The average molecular weight is 466 g/mol. The minimum atomic E-state index is -0.218. The van der Waals surface area contributed by atoms with E-state index in [0.717, 1.165) is 29.7 Å². The van der Waals surface area contributed by atoms with E-state index in [9.17, 15) is 14.4 Å². The van der Waals surface area contributed by atoms with E-state index in [0.29, 0.717) is 28.3 Å². The van der Waals surface area contributed by atoms with Gasteiger partial charge < -0.3 is 9.64 Å². The summed E-state index contributed by atoms with van der Waals surface area (Å²) in [4.78, 5) is 46.3. The molecular weight excluding hydrogens is 438 g/mol. The molecular formula is C25H27N3O4S. The fourth-order valence-corrected chi connectivity index (χ4v) is 6.00. The Balaban J connectivity index is 1.45. The van der Waals surface area contributed by atoms with Gasteiger partial charge in [0.2, 0.25) is 0 Å². The number of rotatable bonds is 3. The van der Waals surface area contributed by atoms with Crippen molar-refractivity contribution < 1.29 is 14.3 Å². The number of hydrogen-bond acceptors (Lipinski definition) is 6. The van der Waals surface area contributed by atoms with Gasteiger partial charge in [-0.05, 0) is 54.4 Å².